The minimum absolute atomic E-state index is 0.562. The third-order valence-corrected chi connectivity index (χ3v) is 3.00. The lowest BCUT2D eigenvalue weighted by Crippen LogP contribution is -1.87. The monoisotopic (exact) mass is 207 g/mol. The van der Waals surface area contributed by atoms with Gasteiger partial charge in [0.05, 0.1) is 5.39 Å². The minimum atomic E-state index is 0.562. The molecule has 2 aromatic rings. The summed E-state index contributed by atoms with van der Waals surface area (Å²) in [5, 5.41) is 1.56. The summed E-state index contributed by atoms with van der Waals surface area (Å²) in [5.74, 6) is 0.852. The Morgan fingerprint density at radius 3 is 3.07 bits per heavy atom. The van der Waals surface area contributed by atoms with Crippen molar-refractivity contribution in [2.24, 2.45) is 5.92 Å². The van der Waals surface area contributed by atoms with E-state index in [0.717, 1.165) is 23.4 Å². The largest absolute Gasteiger partial charge is 0.346 e. The molecule has 1 aliphatic carbocycles. The number of H-pyrrole nitrogens is 1. The Hall–Kier alpha value is -1.09. The number of nitrogens with zero attached hydrogens (tertiary/aromatic N) is 2. The highest BCUT2D eigenvalue weighted by atomic mass is 35.5. The molecule has 2 aromatic heterocycles. The Balaban J connectivity index is 2.13. The lowest BCUT2D eigenvalue weighted by atomic mass is 10.1. The van der Waals surface area contributed by atoms with Crippen LogP contribution in [0.3, 0.4) is 0 Å². The summed E-state index contributed by atoms with van der Waals surface area (Å²) in [5.41, 5.74) is 2.11. The molecule has 0 aliphatic heterocycles. The topological polar surface area (TPSA) is 41.6 Å². The highest BCUT2D eigenvalue weighted by molar-refractivity contribution is 6.34. The van der Waals surface area contributed by atoms with Gasteiger partial charge in [-0.25, -0.2) is 9.97 Å². The van der Waals surface area contributed by atoms with E-state index < -0.39 is 0 Å². The van der Waals surface area contributed by atoms with Gasteiger partial charge in [0.25, 0.3) is 0 Å². The molecule has 1 N–H and O–H groups in total. The van der Waals surface area contributed by atoms with Crippen LogP contribution >= 0.6 is 11.6 Å². The normalized spacial score (nSPS) is 16.4. The minimum Gasteiger partial charge on any atom is -0.346 e. The zero-order chi connectivity index (χ0) is 9.54. The van der Waals surface area contributed by atoms with Gasteiger partial charge in [0.1, 0.15) is 17.1 Å². The van der Waals surface area contributed by atoms with Crippen molar-refractivity contribution in [1.29, 1.82) is 0 Å². The zero-order valence-corrected chi connectivity index (χ0v) is 8.38. The number of nitrogens with one attached hydrogen (secondary N) is 1. The Bertz CT molecular complexity index is 473. The van der Waals surface area contributed by atoms with Gasteiger partial charge in [-0.3, -0.25) is 0 Å². The van der Waals surface area contributed by atoms with E-state index in [9.17, 15) is 0 Å². The molecule has 14 heavy (non-hydrogen) atoms. The lowest BCUT2D eigenvalue weighted by Gasteiger charge is -1.97. The summed E-state index contributed by atoms with van der Waals surface area (Å²) < 4.78 is 0. The van der Waals surface area contributed by atoms with Crippen molar-refractivity contribution in [3.8, 4) is 0 Å². The standard InChI is InChI=1S/C10H10ClN3/c11-9-8-7(3-6-1-2-6)4-12-10(8)14-5-13-9/h4-6H,1-3H2,(H,12,13,14). The Labute approximate surface area is 86.5 Å². The van der Waals surface area contributed by atoms with Crippen molar-refractivity contribution in [3.05, 3.63) is 23.2 Å². The van der Waals surface area contributed by atoms with Crippen molar-refractivity contribution < 1.29 is 0 Å². The average Bonchev–Trinajstić information content (AvgIpc) is 2.88. The molecule has 0 spiro atoms. The van der Waals surface area contributed by atoms with E-state index in [2.05, 4.69) is 15.0 Å². The fourth-order valence-corrected chi connectivity index (χ4v) is 2.03. The van der Waals surface area contributed by atoms with Crippen LogP contribution in [0.4, 0.5) is 0 Å². The maximum atomic E-state index is 6.04. The summed E-state index contributed by atoms with van der Waals surface area (Å²) in [6, 6.07) is 0. The summed E-state index contributed by atoms with van der Waals surface area (Å²) in [6.07, 6.45) is 7.29. The molecule has 0 unspecified atom stereocenters. The van der Waals surface area contributed by atoms with E-state index in [1.54, 1.807) is 0 Å². The molecule has 4 heteroatoms. The van der Waals surface area contributed by atoms with Crippen molar-refractivity contribution in [3.63, 3.8) is 0 Å². The van der Waals surface area contributed by atoms with E-state index >= 15 is 0 Å². The quantitative estimate of drug-likeness (QED) is 0.769. The van der Waals surface area contributed by atoms with E-state index in [-0.39, 0.29) is 0 Å². The van der Waals surface area contributed by atoms with Crippen LogP contribution in [-0.2, 0) is 6.42 Å². The van der Waals surface area contributed by atoms with Crippen molar-refractivity contribution in [2.45, 2.75) is 19.3 Å². The molecule has 1 saturated carbocycles. The second-order valence-corrected chi connectivity index (χ2v) is 4.21. The highest BCUT2D eigenvalue weighted by Crippen LogP contribution is 2.35. The molecule has 0 saturated heterocycles. The fourth-order valence-electron chi connectivity index (χ4n) is 1.78. The molecule has 1 aliphatic rings. The first-order valence-corrected chi connectivity index (χ1v) is 5.19. The molecule has 72 valence electrons. The molecular formula is C10H10ClN3. The predicted molar refractivity (Wildman–Crippen MR) is 55.3 cm³/mol. The number of rotatable bonds is 2. The van der Waals surface area contributed by atoms with Crippen LogP contribution in [0.5, 0.6) is 0 Å². The molecule has 0 aromatic carbocycles. The SMILES string of the molecule is Clc1ncnc2[nH]cc(CC3CC3)c12. The van der Waals surface area contributed by atoms with E-state index in [0.29, 0.717) is 5.15 Å². The summed E-state index contributed by atoms with van der Waals surface area (Å²) in [4.78, 5) is 11.3. The molecular weight excluding hydrogens is 198 g/mol. The van der Waals surface area contributed by atoms with Gasteiger partial charge in [0.15, 0.2) is 0 Å². The van der Waals surface area contributed by atoms with Crippen LogP contribution in [-0.4, -0.2) is 15.0 Å². The first-order valence-electron chi connectivity index (χ1n) is 4.81. The molecule has 3 rings (SSSR count). The molecule has 1 fully saturated rings. The van der Waals surface area contributed by atoms with E-state index in [1.807, 2.05) is 6.20 Å². The molecule has 2 heterocycles. The molecule has 0 radical (unpaired) electrons. The molecule has 3 nitrogen and oxygen atoms in total. The van der Waals surface area contributed by atoms with Crippen LogP contribution in [0.1, 0.15) is 18.4 Å². The number of hydrogen-bond acceptors (Lipinski definition) is 2. The number of halogens is 1. The van der Waals surface area contributed by atoms with Gasteiger partial charge in [0.2, 0.25) is 0 Å². The van der Waals surface area contributed by atoms with Gasteiger partial charge < -0.3 is 4.98 Å². The third kappa shape index (κ3) is 1.28. The second-order valence-electron chi connectivity index (χ2n) is 3.85. The average molecular weight is 208 g/mol. The predicted octanol–water partition coefficient (Wildman–Crippen LogP) is 2.56. The number of fused-ring (bicyclic) bond motifs is 1. The summed E-state index contributed by atoms with van der Waals surface area (Å²) in [6.45, 7) is 0. The van der Waals surface area contributed by atoms with Crippen molar-refractivity contribution in [2.75, 3.05) is 0 Å². The second kappa shape index (κ2) is 2.95. The first kappa shape index (κ1) is 8.24. The fraction of sp³-hybridized carbons (Fsp3) is 0.400. The van der Waals surface area contributed by atoms with Crippen molar-refractivity contribution in [1.82, 2.24) is 15.0 Å². The van der Waals surface area contributed by atoms with Crippen LogP contribution in [0.15, 0.2) is 12.5 Å². The summed E-state index contributed by atoms with van der Waals surface area (Å²) in [7, 11) is 0. The van der Waals surface area contributed by atoms with Gasteiger partial charge in [-0.05, 0) is 30.7 Å². The van der Waals surface area contributed by atoms with Gasteiger partial charge >= 0.3 is 0 Å². The third-order valence-electron chi connectivity index (χ3n) is 2.71. The van der Waals surface area contributed by atoms with E-state index in [4.69, 9.17) is 11.6 Å². The Morgan fingerprint density at radius 1 is 1.43 bits per heavy atom. The smallest absolute Gasteiger partial charge is 0.142 e. The van der Waals surface area contributed by atoms with Gasteiger partial charge in [-0.1, -0.05) is 11.6 Å². The Kier molecular flexibility index (Phi) is 1.74. The number of hydrogen-bond donors (Lipinski definition) is 1. The first-order chi connectivity index (χ1) is 6.84. The molecule has 0 bridgehead atoms. The molecule has 0 atom stereocenters. The zero-order valence-electron chi connectivity index (χ0n) is 7.63. The number of aromatic nitrogens is 3. The Morgan fingerprint density at radius 2 is 2.29 bits per heavy atom. The van der Waals surface area contributed by atoms with Crippen molar-refractivity contribution >= 4 is 22.6 Å². The van der Waals surface area contributed by atoms with Crippen LogP contribution < -0.4 is 0 Å². The molecule has 0 amide bonds. The van der Waals surface area contributed by atoms with Crippen LogP contribution in [0.2, 0.25) is 5.15 Å². The van der Waals surface area contributed by atoms with Gasteiger partial charge in [-0.2, -0.15) is 0 Å². The van der Waals surface area contributed by atoms with Crippen LogP contribution in [0.25, 0.3) is 11.0 Å². The highest BCUT2D eigenvalue weighted by Gasteiger charge is 2.23. The summed E-state index contributed by atoms with van der Waals surface area (Å²) >= 11 is 6.04. The van der Waals surface area contributed by atoms with E-state index in [1.165, 1.54) is 24.7 Å². The lowest BCUT2D eigenvalue weighted by molar-refractivity contribution is 0.838. The number of aromatic amines is 1. The van der Waals surface area contributed by atoms with Gasteiger partial charge in [-0.15, -0.1) is 0 Å². The van der Waals surface area contributed by atoms with Gasteiger partial charge in [0, 0.05) is 6.20 Å². The maximum Gasteiger partial charge on any atom is 0.142 e. The van der Waals surface area contributed by atoms with Crippen LogP contribution in [0, 0.1) is 5.92 Å². The maximum absolute atomic E-state index is 6.04.